The van der Waals surface area contributed by atoms with E-state index in [1.807, 2.05) is 0 Å². The van der Waals surface area contributed by atoms with Gasteiger partial charge in [0, 0.05) is 11.8 Å². The van der Waals surface area contributed by atoms with Gasteiger partial charge in [-0.3, -0.25) is 4.79 Å². The van der Waals surface area contributed by atoms with Gasteiger partial charge in [-0.2, -0.15) is 5.10 Å². The molecule has 5 heteroatoms. The van der Waals surface area contributed by atoms with Gasteiger partial charge in [-0.1, -0.05) is 12.1 Å². The highest BCUT2D eigenvalue weighted by atomic mass is 35.5. The van der Waals surface area contributed by atoms with Gasteiger partial charge in [0.2, 0.25) is 0 Å². The van der Waals surface area contributed by atoms with Gasteiger partial charge in [0.15, 0.2) is 0 Å². The lowest BCUT2D eigenvalue weighted by Crippen LogP contribution is -2.09. The molecule has 0 radical (unpaired) electrons. The van der Waals surface area contributed by atoms with Crippen molar-refractivity contribution in [2.75, 3.05) is 0 Å². The highest BCUT2D eigenvalue weighted by molar-refractivity contribution is 5.85. The summed E-state index contributed by atoms with van der Waals surface area (Å²) in [6.45, 7) is 0. The molecular weight excluding hydrogens is 219 g/mol. The van der Waals surface area contributed by atoms with Crippen molar-refractivity contribution in [1.82, 2.24) is 10.2 Å². The summed E-state index contributed by atoms with van der Waals surface area (Å²) in [6.07, 6.45) is 1.49. The molecule has 3 nitrogen and oxygen atoms in total. The Morgan fingerprint density at radius 1 is 1.13 bits per heavy atom. The Morgan fingerprint density at radius 2 is 1.80 bits per heavy atom. The van der Waals surface area contributed by atoms with Gasteiger partial charge in [0.25, 0.3) is 5.56 Å². The summed E-state index contributed by atoms with van der Waals surface area (Å²) in [4.78, 5) is 11.3. The molecule has 0 aliphatic rings. The maximum Gasteiger partial charge on any atom is 0.272 e. The molecule has 0 unspecified atom stereocenters. The predicted octanol–water partition coefficient (Wildman–Crippen LogP) is 2.00. The third-order valence-corrected chi connectivity index (χ3v) is 1.88. The van der Waals surface area contributed by atoms with Crippen LogP contribution >= 0.6 is 12.4 Å². The molecule has 0 saturated heterocycles. The highest BCUT2D eigenvalue weighted by Crippen LogP contribution is 2.14. The molecule has 0 bridgehead atoms. The maximum atomic E-state index is 12.6. The summed E-state index contributed by atoms with van der Waals surface area (Å²) in [5, 5.41) is 5.89. The van der Waals surface area contributed by atoms with Crippen LogP contribution in [-0.2, 0) is 0 Å². The summed E-state index contributed by atoms with van der Waals surface area (Å²) in [5.41, 5.74) is 0.883. The van der Waals surface area contributed by atoms with Crippen LogP contribution in [0.3, 0.4) is 0 Å². The second-order valence-electron chi connectivity index (χ2n) is 2.81. The molecule has 0 spiro atoms. The van der Waals surface area contributed by atoms with E-state index in [1.165, 1.54) is 18.3 Å². The Morgan fingerprint density at radius 3 is 2.40 bits per heavy atom. The molecule has 0 aliphatic heterocycles. The highest BCUT2D eigenvalue weighted by Gasteiger charge is 2.01. The molecule has 78 valence electrons. The zero-order valence-electron chi connectivity index (χ0n) is 7.61. The minimum Gasteiger partial charge on any atom is -0.267 e. The Labute approximate surface area is 91.4 Å². The average molecular weight is 227 g/mol. The van der Waals surface area contributed by atoms with E-state index >= 15 is 0 Å². The molecule has 0 fully saturated rings. The second-order valence-corrected chi connectivity index (χ2v) is 2.81. The first kappa shape index (κ1) is 11.4. The molecule has 0 amide bonds. The molecule has 2 aromatic rings. The predicted molar refractivity (Wildman–Crippen MR) is 57.5 cm³/mol. The van der Waals surface area contributed by atoms with E-state index in [9.17, 15) is 9.18 Å². The Hall–Kier alpha value is -1.68. The molecule has 15 heavy (non-hydrogen) atoms. The van der Waals surface area contributed by atoms with Gasteiger partial charge in [-0.25, -0.2) is 9.49 Å². The van der Waals surface area contributed by atoms with Crippen LogP contribution < -0.4 is 5.56 Å². The number of aromatic amines is 1. The van der Waals surface area contributed by atoms with Crippen molar-refractivity contribution in [2.24, 2.45) is 0 Å². The van der Waals surface area contributed by atoms with Gasteiger partial charge in [0.05, 0.1) is 0 Å². The van der Waals surface area contributed by atoms with Gasteiger partial charge >= 0.3 is 0 Å². The summed E-state index contributed by atoms with van der Waals surface area (Å²) in [5.74, 6) is -0.320. The van der Waals surface area contributed by atoms with E-state index in [2.05, 4.69) is 10.2 Å². The fraction of sp³-hybridized carbons (Fsp3) is 0. The first-order valence-corrected chi connectivity index (χ1v) is 4.07. The second kappa shape index (κ2) is 4.70. The Kier molecular flexibility index (Phi) is 3.57. The van der Waals surface area contributed by atoms with Crippen LogP contribution in [0.15, 0.2) is 41.3 Å². The third-order valence-electron chi connectivity index (χ3n) is 1.88. The third kappa shape index (κ3) is 2.41. The minimum absolute atomic E-state index is 0. The normalized spacial score (nSPS) is 9.40. The van der Waals surface area contributed by atoms with Crippen LogP contribution in [0, 0.1) is 5.82 Å². The van der Waals surface area contributed by atoms with Crippen LogP contribution in [0.1, 0.15) is 0 Å². The molecule has 0 aliphatic carbocycles. The van der Waals surface area contributed by atoms with E-state index in [4.69, 9.17) is 0 Å². The number of aromatic nitrogens is 2. The van der Waals surface area contributed by atoms with Crippen molar-refractivity contribution < 1.29 is 4.39 Å². The number of rotatable bonds is 1. The molecular formula is C10H8ClFN2O. The van der Waals surface area contributed by atoms with Crippen molar-refractivity contribution in [3.8, 4) is 11.1 Å². The van der Waals surface area contributed by atoms with Crippen LogP contribution in [0.2, 0.25) is 0 Å². The molecule has 2 rings (SSSR count). The summed E-state index contributed by atoms with van der Waals surface area (Å²) in [7, 11) is 0. The van der Waals surface area contributed by atoms with Crippen molar-refractivity contribution in [3.05, 3.63) is 52.7 Å². The number of hydrogen-bond donors (Lipinski definition) is 1. The number of halogens is 2. The van der Waals surface area contributed by atoms with Crippen LogP contribution in [0.25, 0.3) is 11.1 Å². The lowest BCUT2D eigenvalue weighted by Gasteiger charge is -1.98. The van der Waals surface area contributed by atoms with E-state index in [1.54, 1.807) is 18.2 Å². The van der Waals surface area contributed by atoms with E-state index < -0.39 is 0 Å². The van der Waals surface area contributed by atoms with E-state index in [0.29, 0.717) is 11.1 Å². The van der Waals surface area contributed by atoms with Crippen molar-refractivity contribution in [1.29, 1.82) is 0 Å². The van der Waals surface area contributed by atoms with Crippen molar-refractivity contribution >= 4 is 12.4 Å². The number of benzene rings is 1. The topological polar surface area (TPSA) is 45.8 Å². The largest absolute Gasteiger partial charge is 0.272 e. The average Bonchev–Trinajstić information content (AvgIpc) is 2.20. The van der Waals surface area contributed by atoms with Crippen molar-refractivity contribution in [3.63, 3.8) is 0 Å². The molecule has 1 aromatic carbocycles. The molecule has 0 atom stereocenters. The van der Waals surface area contributed by atoms with Crippen LogP contribution in [0.4, 0.5) is 4.39 Å². The zero-order chi connectivity index (χ0) is 9.97. The summed E-state index contributed by atoms with van der Waals surface area (Å²) >= 11 is 0. The molecule has 1 aromatic heterocycles. The van der Waals surface area contributed by atoms with Gasteiger partial charge in [0.1, 0.15) is 5.82 Å². The first-order chi connectivity index (χ1) is 6.77. The maximum absolute atomic E-state index is 12.6. The fourth-order valence-corrected chi connectivity index (χ4v) is 1.20. The number of H-pyrrole nitrogens is 1. The van der Waals surface area contributed by atoms with Crippen LogP contribution in [0.5, 0.6) is 0 Å². The SMILES string of the molecule is Cl.O=c1[nH]nccc1-c1ccc(F)cc1. The number of nitrogens with zero attached hydrogens (tertiary/aromatic N) is 1. The molecule has 1 heterocycles. The number of hydrogen-bond acceptors (Lipinski definition) is 2. The quantitative estimate of drug-likeness (QED) is 0.809. The standard InChI is InChI=1S/C10H7FN2O.ClH/c11-8-3-1-7(2-4-8)9-5-6-12-13-10(9)14;/h1-6H,(H,13,14);1H. The summed E-state index contributed by atoms with van der Waals surface area (Å²) < 4.78 is 12.6. The fourth-order valence-electron chi connectivity index (χ4n) is 1.20. The summed E-state index contributed by atoms with van der Waals surface area (Å²) in [6, 6.07) is 7.33. The van der Waals surface area contributed by atoms with E-state index in [-0.39, 0.29) is 23.8 Å². The van der Waals surface area contributed by atoms with Gasteiger partial charge in [-0.15, -0.1) is 12.4 Å². The smallest absolute Gasteiger partial charge is 0.267 e. The first-order valence-electron chi connectivity index (χ1n) is 4.07. The minimum atomic E-state index is -0.320. The molecule has 0 saturated carbocycles. The molecule has 1 N–H and O–H groups in total. The van der Waals surface area contributed by atoms with Gasteiger partial charge in [-0.05, 0) is 23.8 Å². The number of nitrogens with one attached hydrogen (secondary N) is 1. The monoisotopic (exact) mass is 226 g/mol. The van der Waals surface area contributed by atoms with Crippen molar-refractivity contribution in [2.45, 2.75) is 0 Å². The van der Waals surface area contributed by atoms with Gasteiger partial charge < -0.3 is 0 Å². The van der Waals surface area contributed by atoms with E-state index in [0.717, 1.165) is 0 Å². The lowest BCUT2D eigenvalue weighted by molar-refractivity contribution is 0.628. The Balaban J connectivity index is 0.00000112. The van der Waals surface area contributed by atoms with Crippen LogP contribution in [-0.4, -0.2) is 10.2 Å². The zero-order valence-corrected chi connectivity index (χ0v) is 8.42. The Bertz CT molecular complexity index is 495. The lowest BCUT2D eigenvalue weighted by atomic mass is 10.1.